The number of imidazole rings is 1. The Labute approximate surface area is 188 Å². The first-order valence-corrected chi connectivity index (χ1v) is 11.1. The molecule has 1 unspecified atom stereocenters. The number of hydrogen-bond donors (Lipinski definition) is 2. The molecular formula is C27H29N3O2. The second-order valence-corrected chi connectivity index (χ2v) is 8.18. The van der Waals surface area contributed by atoms with E-state index in [2.05, 4.69) is 24.1 Å². The predicted octanol–water partition coefficient (Wildman–Crippen LogP) is 5.36. The number of ether oxygens (including phenoxy) is 1. The van der Waals surface area contributed by atoms with Gasteiger partial charge in [0.25, 0.3) is 5.91 Å². The molecule has 1 atom stereocenters. The Balaban J connectivity index is 1.79. The Bertz CT molecular complexity index is 1100. The number of nitrogens with one attached hydrogen (secondary N) is 2. The highest BCUT2D eigenvalue weighted by Gasteiger charge is 2.44. The standard InChI is InChI=1S/C27H29N3O2/c1-4-32-27(20-13-7-5-8-14-20,21-15-9-6-10-16-21)26(31)30-24(19(2)3)25-28-22-17-11-12-18-23(22)29-25/h5-19,24H,4H2,1-3H3,(H,28,29)(H,30,31). The largest absolute Gasteiger partial charge is 0.356 e. The third-order valence-electron chi connectivity index (χ3n) is 5.70. The first kappa shape index (κ1) is 21.8. The zero-order valence-corrected chi connectivity index (χ0v) is 18.7. The lowest BCUT2D eigenvalue weighted by atomic mass is 9.84. The van der Waals surface area contributed by atoms with Gasteiger partial charge in [0, 0.05) is 6.61 Å². The van der Waals surface area contributed by atoms with E-state index in [1.54, 1.807) is 0 Å². The highest BCUT2D eigenvalue weighted by molar-refractivity contribution is 5.91. The van der Waals surface area contributed by atoms with Crippen molar-refractivity contribution in [3.8, 4) is 0 Å². The van der Waals surface area contributed by atoms with Crippen LogP contribution in [0.5, 0.6) is 0 Å². The van der Waals surface area contributed by atoms with Gasteiger partial charge in [-0.3, -0.25) is 4.79 Å². The molecule has 0 aliphatic heterocycles. The second kappa shape index (κ2) is 9.37. The molecule has 0 saturated heterocycles. The van der Waals surface area contributed by atoms with Gasteiger partial charge in [0.1, 0.15) is 5.82 Å². The number of aromatic nitrogens is 2. The van der Waals surface area contributed by atoms with Crippen LogP contribution in [0.25, 0.3) is 11.0 Å². The highest BCUT2D eigenvalue weighted by atomic mass is 16.5. The Morgan fingerprint density at radius 2 is 1.50 bits per heavy atom. The number of para-hydroxylation sites is 2. The van der Waals surface area contributed by atoms with Gasteiger partial charge < -0.3 is 15.0 Å². The minimum Gasteiger partial charge on any atom is -0.356 e. The third kappa shape index (κ3) is 4.04. The van der Waals surface area contributed by atoms with Crippen molar-refractivity contribution in [1.29, 1.82) is 0 Å². The van der Waals surface area contributed by atoms with Crippen LogP contribution in [-0.2, 0) is 15.1 Å². The lowest BCUT2D eigenvalue weighted by molar-refractivity contribution is -0.144. The van der Waals surface area contributed by atoms with Crippen LogP contribution in [0.4, 0.5) is 0 Å². The highest BCUT2D eigenvalue weighted by Crippen LogP contribution is 2.35. The van der Waals surface area contributed by atoms with E-state index in [1.165, 1.54) is 0 Å². The molecule has 1 aromatic heterocycles. The van der Waals surface area contributed by atoms with Gasteiger partial charge in [0.15, 0.2) is 5.60 Å². The summed E-state index contributed by atoms with van der Waals surface area (Å²) in [5.74, 6) is 0.641. The van der Waals surface area contributed by atoms with Gasteiger partial charge in [-0.25, -0.2) is 4.98 Å². The lowest BCUT2D eigenvalue weighted by Gasteiger charge is -2.35. The molecule has 0 spiro atoms. The molecule has 2 N–H and O–H groups in total. The molecule has 0 radical (unpaired) electrons. The normalized spacial score (nSPS) is 12.8. The van der Waals surface area contributed by atoms with Crippen molar-refractivity contribution < 1.29 is 9.53 Å². The van der Waals surface area contributed by atoms with Crippen LogP contribution >= 0.6 is 0 Å². The van der Waals surface area contributed by atoms with E-state index in [1.807, 2.05) is 91.9 Å². The van der Waals surface area contributed by atoms with E-state index in [9.17, 15) is 4.79 Å². The van der Waals surface area contributed by atoms with Crippen molar-refractivity contribution in [3.63, 3.8) is 0 Å². The van der Waals surface area contributed by atoms with Crippen molar-refractivity contribution in [2.24, 2.45) is 5.92 Å². The van der Waals surface area contributed by atoms with Crippen molar-refractivity contribution in [3.05, 3.63) is 102 Å². The molecule has 0 aliphatic carbocycles. The summed E-state index contributed by atoms with van der Waals surface area (Å²) in [6.07, 6.45) is 0. The fraction of sp³-hybridized carbons (Fsp3) is 0.259. The molecular weight excluding hydrogens is 398 g/mol. The summed E-state index contributed by atoms with van der Waals surface area (Å²) >= 11 is 0. The van der Waals surface area contributed by atoms with Crippen LogP contribution in [0.15, 0.2) is 84.9 Å². The summed E-state index contributed by atoms with van der Waals surface area (Å²) in [4.78, 5) is 22.2. The number of amides is 1. The van der Waals surface area contributed by atoms with E-state index in [0.29, 0.717) is 6.61 Å². The summed E-state index contributed by atoms with van der Waals surface area (Å²) < 4.78 is 6.30. The van der Waals surface area contributed by atoms with Crippen LogP contribution in [0.3, 0.4) is 0 Å². The molecule has 3 aromatic carbocycles. The Kier molecular flexibility index (Phi) is 6.37. The minimum absolute atomic E-state index is 0.116. The number of benzene rings is 3. The van der Waals surface area contributed by atoms with Crippen LogP contribution in [-0.4, -0.2) is 22.5 Å². The third-order valence-corrected chi connectivity index (χ3v) is 5.70. The van der Waals surface area contributed by atoms with E-state index in [4.69, 9.17) is 9.72 Å². The van der Waals surface area contributed by atoms with Gasteiger partial charge in [-0.05, 0) is 36.1 Å². The molecule has 5 nitrogen and oxygen atoms in total. The molecule has 32 heavy (non-hydrogen) atoms. The van der Waals surface area contributed by atoms with Crippen molar-refractivity contribution in [2.75, 3.05) is 6.61 Å². The number of carbonyl (C=O) groups excluding carboxylic acids is 1. The molecule has 0 saturated carbocycles. The number of hydrogen-bond acceptors (Lipinski definition) is 3. The van der Waals surface area contributed by atoms with E-state index < -0.39 is 5.60 Å². The number of rotatable bonds is 8. The number of carbonyl (C=O) groups is 1. The molecule has 1 amide bonds. The zero-order valence-electron chi connectivity index (χ0n) is 18.7. The van der Waals surface area contributed by atoms with Gasteiger partial charge in [-0.2, -0.15) is 0 Å². The van der Waals surface area contributed by atoms with Crippen LogP contribution in [0.1, 0.15) is 43.8 Å². The first-order valence-electron chi connectivity index (χ1n) is 11.1. The van der Waals surface area contributed by atoms with E-state index in [0.717, 1.165) is 28.0 Å². The quantitative estimate of drug-likeness (QED) is 0.398. The Hall–Kier alpha value is -3.44. The molecule has 4 rings (SSSR count). The van der Waals surface area contributed by atoms with Crippen molar-refractivity contribution in [2.45, 2.75) is 32.4 Å². The Morgan fingerprint density at radius 3 is 2.03 bits per heavy atom. The monoisotopic (exact) mass is 427 g/mol. The van der Waals surface area contributed by atoms with E-state index in [-0.39, 0.29) is 17.9 Å². The molecule has 164 valence electrons. The number of H-pyrrole nitrogens is 1. The van der Waals surface area contributed by atoms with Crippen molar-refractivity contribution >= 4 is 16.9 Å². The zero-order chi connectivity index (χ0) is 22.6. The van der Waals surface area contributed by atoms with Gasteiger partial charge in [-0.1, -0.05) is 86.6 Å². The van der Waals surface area contributed by atoms with Crippen LogP contribution in [0.2, 0.25) is 0 Å². The summed E-state index contributed by atoms with van der Waals surface area (Å²) in [5, 5.41) is 3.26. The van der Waals surface area contributed by atoms with Gasteiger partial charge in [0.2, 0.25) is 0 Å². The predicted molar refractivity (Wildman–Crippen MR) is 127 cm³/mol. The molecule has 4 aromatic rings. The topological polar surface area (TPSA) is 67.0 Å². The average Bonchev–Trinajstić information content (AvgIpc) is 3.25. The maximum Gasteiger partial charge on any atom is 0.262 e. The lowest BCUT2D eigenvalue weighted by Crippen LogP contribution is -2.49. The van der Waals surface area contributed by atoms with E-state index >= 15 is 0 Å². The second-order valence-electron chi connectivity index (χ2n) is 8.18. The summed E-state index contributed by atoms with van der Waals surface area (Å²) in [7, 11) is 0. The van der Waals surface area contributed by atoms with Crippen LogP contribution < -0.4 is 5.32 Å². The summed E-state index contributed by atoms with van der Waals surface area (Å²) in [6.45, 7) is 6.44. The number of aromatic amines is 1. The SMILES string of the molecule is CCOC(C(=O)NC(c1nc2ccccc2[nH]1)C(C)C)(c1ccccc1)c1ccccc1. The minimum atomic E-state index is -1.27. The Morgan fingerprint density at radius 1 is 0.938 bits per heavy atom. The molecule has 1 heterocycles. The van der Waals surface area contributed by atoms with Gasteiger partial charge >= 0.3 is 0 Å². The van der Waals surface area contributed by atoms with Gasteiger partial charge in [-0.15, -0.1) is 0 Å². The van der Waals surface area contributed by atoms with Crippen LogP contribution in [0, 0.1) is 5.92 Å². The number of fused-ring (bicyclic) bond motifs is 1. The molecule has 0 fully saturated rings. The maximum atomic E-state index is 14.1. The fourth-order valence-corrected chi connectivity index (χ4v) is 4.14. The van der Waals surface area contributed by atoms with Gasteiger partial charge in [0.05, 0.1) is 17.1 Å². The molecule has 5 heteroatoms. The molecule has 0 aliphatic rings. The number of nitrogens with zero attached hydrogens (tertiary/aromatic N) is 1. The smallest absolute Gasteiger partial charge is 0.262 e. The fourth-order valence-electron chi connectivity index (χ4n) is 4.14. The average molecular weight is 428 g/mol. The summed E-state index contributed by atoms with van der Waals surface area (Å²) in [6, 6.07) is 26.9. The first-order chi connectivity index (χ1) is 15.6. The maximum absolute atomic E-state index is 14.1. The summed E-state index contributed by atoms with van der Waals surface area (Å²) in [5.41, 5.74) is 2.14. The molecule has 0 bridgehead atoms. The van der Waals surface area contributed by atoms with Crippen molar-refractivity contribution in [1.82, 2.24) is 15.3 Å².